The molecule has 2 aromatic carbocycles. The Morgan fingerprint density at radius 3 is 2.52 bits per heavy atom. The molecule has 1 atom stereocenters. The van der Waals surface area contributed by atoms with Gasteiger partial charge in [0.05, 0.1) is 25.6 Å². The largest absolute Gasteiger partial charge is 0.493 e. The number of ether oxygens (including phenoxy) is 2. The van der Waals surface area contributed by atoms with Crippen LogP contribution in [0, 0.1) is 13.8 Å². The SMILES string of the molecule is COc1ccc([C@@H]2Nc3ccc(C)cc3-c3cc(C)nn32)cc1OC. The quantitative estimate of drug-likeness (QED) is 0.781. The third-order valence-corrected chi connectivity index (χ3v) is 4.57. The number of benzene rings is 2. The molecular weight excluding hydrogens is 314 g/mol. The Balaban J connectivity index is 1.86. The van der Waals surface area contributed by atoms with Crippen molar-refractivity contribution in [3.8, 4) is 22.8 Å². The van der Waals surface area contributed by atoms with Gasteiger partial charge in [-0.3, -0.25) is 0 Å². The smallest absolute Gasteiger partial charge is 0.161 e. The van der Waals surface area contributed by atoms with Crippen LogP contribution in [0.25, 0.3) is 11.3 Å². The fraction of sp³-hybridized carbons (Fsp3) is 0.250. The lowest BCUT2D eigenvalue weighted by atomic mass is 10.0. The van der Waals surface area contributed by atoms with Crippen LogP contribution in [0.15, 0.2) is 42.5 Å². The fourth-order valence-electron chi connectivity index (χ4n) is 3.37. The number of aromatic nitrogens is 2. The van der Waals surface area contributed by atoms with E-state index in [9.17, 15) is 0 Å². The summed E-state index contributed by atoms with van der Waals surface area (Å²) in [4.78, 5) is 0. The summed E-state index contributed by atoms with van der Waals surface area (Å²) in [7, 11) is 3.29. The van der Waals surface area contributed by atoms with E-state index < -0.39 is 0 Å². The maximum atomic E-state index is 5.46. The Hall–Kier alpha value is -2.95. The molecule has 5 nitrogen and oxygen atoms in total. The van der Waals surface area contributed by atoms with Crippen LogP contribution in [0.4, 0.5) is 5.69 Å². The summed E-state index contributed by atoms with van der Waals surface area (Å²) in [6, 6.07) is 14.5. The highest BCUT2D eigenvalue weighted by molar-refractivity contribution is 5.79. The highest BCUT2D eigenvalue weighted by Crippen LogP contribution is 2.40. The van der Waals surface area contributed by atoms with Gasteiger partial charge in [-0.25, -0.2) is 4.68 Å². The van der Waals surface area contributed by atoms with Gasteiger partial charge in [0.15, 0.2) is 11.5 Å². The third-order valence-electron chi connectivity index (χ3n) is 4.57. The van der Waals surface area contributed by atoms with E-state index >= 15 is 0 Å². The van der Waals surface area contributed by atoms with E-state index in [4.69, 9.17) is 14.6 Å². The lowest BCUT2D eigenvalue weighted by Gasteiger charge is -2.29. The van der Waals surface area contributed by atoms with Gasteiger partial charge in [-0.1, -0.05) is 17.7 Å². The summed E-state index contributed by atoms with van der Waals surface area (Å²) in [5.74, 6) is 1.43. The number of methoxy groups -OCH3 is 2. The molecule has 0 amide bonds. The molecule has 128 valence electrons. The van der Waals surface area contributed by atoms with Gasteiger partial charge in [-0.2, -0.15) is 5.10 Å². The van der Waals surface area contributed by atoms with E-state index in [1.54, 1.807) is 14.2 Å². The average molecular weight is 335 g/mol. The van der Waals surface area contributed by atoms with Crippen LogP contribution in [-0.2, 0) is 0 Å². The summed E-state index contributed by atoms with van der Waals surface area (Å²) < 4.78 is 12.9. The maximum Gasteiger partial charge on any atom is 0.161 e. The molecule has 1 aromatic heterocycles. The lowest BCUT2D eigenvalue weighted by molar-refractivity contribution is 0.354. The normalized spacial score (nSPS) is 15.1. The topological polar surface area (TPSA) is 48.3 Å². The van der Waals surface area contributed by atoms with Crippen LogP contribution in [0.2, 0.25) is 0 Å². The van der Waals surface area contributed by atoms with E-state index in [0.717, 1.165) is 28.4 Å². The van der Waals surface area contributed by atoms with E-state index in [-0.39, 0.29) is 6.17 Å². The van der Waals surface area contributed by atoms with Gasteiger partial charge in [0.1, 0.15) is 6.17 Å². The Morgan fingerprint density at radius 1 is 0.960 bits per heavy atom. The molecule has 0 bridgehead atoms. The molecule has 4 rings (SSSR count). The molecule has 1 aliphatic rings. The molecule has 0 saturated heterocycles. The number of nitrogens with zero attached hydrogens (tertiary/aromatic N) is 2. The van der Waals surface area contributed by atoms with Gasteiger partial charge in [0.2, 0.25) is 0 Å². The zero-order valence-corrected chi connectivity index (χ0v) is 14.8. The van der Waals surface area contributed by atoms with E-state index in [0.29, 0.717) is 5.75 Å². The van der Waals surface area contributed by atoms with Crippen molar-refractivity contribution in [1.82, 2.24) is 9.78 Å². The number of rotatable bonds is 3. The first-order valence-corrected chi connectivity index (χ1v) is 8.26. The summed E-state index contributed by atoms with van der Waals surface area (Å²) >= 11 is 0. The van der Waals surface area contributed by atoms with Crippen molar-refractivity contribution in [3.63, 3.8) is 0 Å². The van der Waals surface area contributed by atoms with E-state index in [1.807, 2.05) is 29.8 Å². The van der Waals surface area contributed by atoms with Crippen molar-refractivity contribution in [2.45, 2.75) is 20.0 Å². The predicted molar refractivity (Wildman–Crippen MR) is 98.4 cm³/mol. The lowest BCUT2D eigenvalue weighted by Crippen LogP contribution is -2.25. The van der Waals surface area contributed by atoms with Gasteiger partial charge in [0, 0.05) is 16.8 Å². The zero-order chi connectivity index (χ0) is 17.6. The van der Waals surface area contributed by atoms with Crippen LogP contribution < -0.4 is 14.8 Å². The van der Waals surface area contributed by atoms with Crippen LogP contribution in [0.3, 0.4) is 0 Å². The zero-order valence-electron chi connectivity index (χ0n) is 14.8. The second-order valence-electron chi connectivity index (χ2n) is 6.33. The van der Waals surface area contributed by atoms with Gasteiger partial charge >= 0.3 is 0 Å². The molecule has 0 radical (unpaired) electrons. The molecule has 0 aliphatic carbocycles. The van der Waals surface area contributed by atoms with E-state index in [1.165, 1.54) is 11.1 Å². The number of fused-ring (bicyclic) bond motifs is 3. The summed E-state index contributed by atoms with van der Waals surface area (Å²) in [5, 5.41) is 8.32. The van der Waals surface area contributed by atoms with Crippen molar-refractivity contribution < 1.29 is 9.47 Å². The molecule has 5 heteroatoms. The molecule has 0 saturated carbocycles. The standard InChI is InChI=1S/C20H21N3O2/c1-12-5-7-16-15(9-12)17-10-13(2)22-23(17)20(21-16)14-6-8-18(24-3)19(11-14)25-4/h5-11,20-21H,1-4H3/t20-/m1/s1. The first-order valence-electron chi connectivity index (χ1n) is 8.26. The highest BCUT2D eigenvalue weighted by Gasteiger charge is 2.27. The van der Waals surface area contributed by atoms with Crippen molar-refractivity contribution in [3.05, 3.63) is 59.3 Å². The molecule has 1 N–H and O–H groups in total. The Labute approximate surface area is 147 Å². The second-order valence-corrected chi connectivity index (χ2v) is 6.33. The molecule has 0 unspecified atom stereocenters. The third kappa shape index (κ3) is 2.52. The molecular formula is C20H21N3O2. The summed E-state index contributed by atoms with van der Waals surface area (Å²) in [5.41, 5.74) is 6.70. The molecule has 3 aromatic rings. The van der Waals surface area contributed by atoms with Crippen molar-refractivity contribution in [2.75, 3.05) is 19.5 Å². The Morgan fingerprint density at radius 2 is 1.76 bits per heavy atom. The first kappa shape index (κ1) is 15.6. The molecule has 25 heavy (non-hydrogen) atoms. The minimum atomic E-state index is -0.0984. The molecule has 0 spiro atoms. The molecule has 1 aliphatic heterocycles. The van der Waals surface area contributed by atoms with Crippen molar-refractivity contribution >= 4 is 5.69 Å². The Kier molecular flexibility index (Phi) is 3.64. The minimum absolute atomic E-state index is 0.0984. The number of hydrogen-bond donors (Lipinski definition) is 1. The molecule has 0 fully saturated rings. The van der Waals surface area contributed by atoms with Crippen LogP contribution in [0.5, 0.6) is 11.5 Å². The van der Waals surface area contributed by atoms with Gasteiger partial charge in [-0.15, -0.1) is 0 Å². The Bertz CT molecular complexity index is 946. The van der Waals surface area contributed by atoms with Crippen molar-refractivity contribution in [1.29, 1.82) is 0 Å². The van der Waals surface area contributed by atoms with Crippen LogP contribution >= 0.6 is 0 Å². The maximum absolute atomic E-state index is 5.46. The fourth-order valence-corrected chi connectivity index (χ4v) is 3.37. The van der Waals surface area contributed by atoms with Gasteiger partial charge in [0.25, 0.3) is 0 Å². The number of nitrogens with one attached hydrogen (secondary N) is 1. The number of aryl methyl sites for hydroxylation is 2. The van der Waals surface area contributed by atoms with Gasteiger partial charge in [-0.05, 0) is 44.2 Å². The van der Waals surface area contributed by atoms with Crippen molar-refractivity contribution in [2.24, 2.45) is 0 Å². The van der Waals surface area contributed by atoms with Crippen LogP contribution in [-0.4, -0.2) is 24.0 Å². The predicted octanol–water partition coefficient (Wildman–Crippen LogP) is 4.16. The first-order chi connectivity index (χ1) is 12.1. The number of hydrogen-bond acceptors (Lipinski definition) is 4. The summed E-state index contributed by atoms with van der Waals surface area (Å²) in [6.07, 6.45) is -0.0984. The molecule has 2 heterocycles. The number of anilines is 1. The summed E-state index contributed by atoms with van der Waals surface area (Å²) in [6.45, 7) is 4.13. The average Bonchev–Trinajstić information content (AvgIpc) is 3.02. The van der Waals surface area contributed by atoms with Crippen LogP contribution in [0.1, 0.15) is 23.0 Å². The van der Waals surface area contributed by atoms with Gasteiger partial charge < -0.3 is 14.8 Å². The highest BCUT2D eigenvalue weighted by atomic mass is 16.5. The minimum Gasteiger partial charge on any atom is -0.493 e. The monoisotopic (exact) mass is 335 g/mol. The second kappa shape index (κ2) is 5.84. The van der Waals surface area contributed by atoms with E-state index in [2.05, 4.69) is 36.5 Å².